The van der Waals surface area contributed by atoms with Crippen LogP contribution in [0.2, 0.25) is 0 Å². The number of allylic oxidation sites excluding steroid dienone is 1. The molecule has 0 saturated heterocycles. The van der Waals surface area contributed by atoms with Gasteiger partial charge in [0, 0.05) is 40.0 Å². The van der Waals surface area contributed by atoms with Crippen LogP contribution in [0.5, 0.6) is 0 Å². The number of alkyl halides is 3. The van der Waals surface area contributed by atoms with Gasteiger partial charge in [0.1, 0.15) is 0 Å². The molecule has 0 aliphatic carbocycles. The van der Waals surface area contributed by atoms with Crippen LogP contribution in [0.25, 0.3) is 11.3 Å². The number of rotatable bonds is 5. The van der Waals surface area contributed by atoms with Gasteiger partial charge in [-0.25, -0.2) is 9.97 Å². The molecule has 1 atom stereocenters. The lowest BCUT2D eigenvalue weighted by Crippen LogP contribution is -2.28. The number of benzene rings is 1. The van der Waals surface area contributed by atoms with Gasteiger partial charge >= 0.3 is 6.18 Å². The van der Waals surface area contributed by atoms with Gasteiger partial charge in [-0.05, 0) is 59.6 Å². The third kappa shape index (κ3) is 5.28. The maximum Gasteiger partial charge on any atom is 0.451 e. The monoisotopic (exact) mass is 534 g/mol. The summed E-state index contributed by atoms with van der Waals surface area (Å²) >= 11 is 3.38. The molecular weight excluding hydrogens is 517 g/mol. The molecule has 0 bridgehead atoms. The molecule has 0 radical (unpaired) electrons. The molecule has 1 aliphatic rings. The van der Waals surface area contributed by atoms with Gasteiger partial charge in [-0.3, -0.25) is 9.78 Å². The van der Waals surface area contributed by atoms with Gasteiger partial charge < -0.3 is 20.7 Å². The summed E-state index contributed by atoms with van der Waals surface area (Å²) in [4.78, 5) is 25.4. The zero-order valence-corrected chi connectivity index (χ0v) is 19.5. The molecular formula is C22H18BrF3N6O2. The highest BCUT2D eigenvalue weighted by atomic mass is 79.9. The van der Waals surface area contributed by atoms with Crippen molar-refractivity contribution in [1.29, 1.82) is 0 Å². The highest BCUT2D eigenvalue weighted by molar-refractivity contribution is 9.10. The molecule has 3 aromatic rings. The van der Waals surface area contributed by atoms with E-state index in [0.717, 1.165) is 15.6 Å². The number of aromatic nitrogens is 3. The Balaban J connectivity index is 1.55. The van der Waals surface area contributed by atoms with E-state index in [0.29, 0.717) is 17.3 Å². The van der Waals surface area contributed by atoms with Crippen LogP contribution < -0.4 is 16.0 Å². The summed E-state index contributed by atoms with van der Waals surface area (Å²) < 4.78 is 45.1. The molecule has 3 N–H and O–H groups in total. The summed E-state index contributed by atoms with van der Waals surface area (Å²) in [5, 5.41) is 7.96. The Morgan fingerprint density at radius 1 is 1.21 bits per heavy atom. The Labute approximate surface area is 200 Å². The Kier molecular flexibility index (Phi) is 6.42. The SMILES string of the molecule is Cc1ccc(NC(=O)C2=C(C(F)(F)F)OC(C)N2)cc1Nc1nccc(-c2cncc(Br)c2)n1. The first-order chi connectivity index (χ1) is 16.1. The van der Waals surface area contributed by atoms with Crippen molar-refractivity contribution >= 4 is 39.2 Å². The lowest BCUT2D eigenvalue weighted by Gasteiger charge is -2.13. The van der Waals surface area contributed by atoms with Gasteiger partial charge in [0.05, 0.1) is 5.69 Å². The van der Waals surface area contributed by atoms with E-state index in [1.54, 1.807) is 42.9 Å². The average molecular weight is 535 g/mol. The van der Waals surface area contributed by atoms with E-state index in [2.05, 4.69) is 46.8 Å². The molecule has 0 spiro atoms. The maximum atomic E-state index is 13.2. The number of amides is 1. The van der Waals surface area contributed by atoms with Gasteiger partial charge in [0.15, 0.2) is 11.9 Å². The minimum absolute atomic E-state index is 0.279. The van der Waals surface area contributed by atoms with Crippen LogP contribution in [0.3, 0.4) is 0 Å². The van der Waals surface area contributed by atoms with Crippen molar-refractivity contribution in [3.05, 3.63) is 70.4 Å². The van der Waals surface area contributed by atoms with Gasteiger partial charge in [-0.1, -0.05) is 6.07 Å². The fourth-order valence-electron chi connectivity index (χ4n) is 3.19. The number of halogens is 4. The minimum Gasteiger partial charge on any atom is -0.464 e. The fourth-order valence-corrected chi connectivity index (χ4v) is 3.56. The summed E-state index contributed by atoms with van der Waals surface area (Å²) in [6.45, 7) is 3.20. The summed E-state index contributed by atoms with van der Waals surface area (Å²) in [5.41, 5.74) is 2.40. The third-order valence-electron chi connectivity index (χ3n) is 4.75. The largest absolute Gasteiger partial charge is 0.464 e. The number of aryl methyl sites for hydroxylation is 1. The first kappa shape index (κ1) is 23.5. The van der Waals surface area contributed by atoms with Crippen molar-refractivity contribution in [2.24, 2.45) is 0 Å². The second kappa shape index (κ2) is 9.29. The fraction of sp³-hybridized carbons (Fsp3) is 0.182. The second-order valence-electron chi connectivity index (χ2n) is 7.37. The predicted octanol–water partition coefficient (Wildman–Crippen LogP) is 5.03. The first-order valence-corrected chi connectivity index (χ1v) is 10.8. The van der Waals surface area contributed by atoms with Crippen LogP contribution >= 0.6 is 15.9 Å². The van der Waals surface area contributed by atoms with Crippen molar-refractivity contribution in [1.82, 2.24) is 20.3 Å². The quantitative estimate of drug-likeness (QED) is 0.422. The molecule has 1 unspecified atom stereocenters. The topological polar surface area (TPSA) is 101 Å². The molecule has 0 saturated carbocycles. The maximum absolute atomic E-state index is 13.2. The van der Waals surface area contributed by atoms with E-state index in [1.165, 1.54) is 6.92 Å². The second-order valence-corrected chi connectivity index (χ2v) is 8.29. The molecule has 1 aromatic carbocycles. The van der Waals surface area contributed by atoms with Crippen molar-refractivity contribution in [2.75, 3.05) is 10.6 Å². The number of pyridine rings is 1. The Morgan fingerprint density at radius 2 is 2.00 bits per heavy atom. The van der Waals surface area contributed by atoms with E-state index < -0.39 is 29.8 Å². The van der Waals surface area contributed by atoms with E-state index in [9.17, 15) is 18.0 Å². The summed E-state index contributed by atoms with van der Waals surface area (Å²) in [5.74, 6) is -2.02. The van der Waals surface area contributed by atoms with Crippen LogP contribution in [0, 0.1) is 6.92 Å². The number of hydrogen-bond donors (Lipinski definition) is 3. The summed E-state index contributed by atoms with van der Waals surface area (Å²) in [7, 11) is 0. The van der Waals surface area contributed by atoms with E-state index in [4.69, 9.17) is 4.74 Å². The first-order valence-electron chi connectivity index (χ1n) is 9.98. The molecule has 176 valence electrons. The molecule has 2 aromatic heterocycles. The summed E-state index contributed by atoms with van der Waals surface area (Å²) in [6.07, 6.45) is -0.850. The zero-order valence-electron chi connectivity index (χ0n) is 17.9. The van der Waals surface area contributed by atoms with Gasteiger partial charge in [0.2, 0.25) is 11.7 Å². The number of anilines is 3. The number of ether oxygens (including phenoxy) is 1. The van der Waals surface area contributed by atoms with Crippen LogP contribution in [0.1, 0.15) is 12.5 Å². The number of hydrogen-bond acceptors (Lipinski definition) is 7. The standard InChI is InChI=1S/C22H18BrF3N6O2/c1-11-3-4-15(30-20(33)18-19(22(24,25)26)34-12(2)29-18)8-17(11)32-21-28-6-5-16(31-21)13-7-14(23)10-27-9-13/h3-10,12,29H,1-2H3,(H,30,33)(H,28,31,32). The van der Waals surface area contributed by atoms with Crippen molar-refractivity contribution in [3.63, 3.8) is 0 Å². The minimum atomic E-state index is -4.79. The van der Waals surface area contributed by atoms with Gasteiger partial charge in [-0.2, -0.15) is 13.2 Å². The molecule has 1 amide bonds. The van der Waals surface area contributed by atoms with Gasteiger partial charge in [0.25, 0.3) is 5.91 Å². The molecule has 4 rings (SSSR count). The molecule has 8 nitrogen and oxygen atoms in total. The van der Waals surface area contributed by atoms with E-state index in [-0.39, 0.29) is 5.69 Å². The molecule has 3 heterocycles. The lowest BCUT2D eigenvalue weighted by molar-refractivity contribution is -0.134. The van der Waals surface area contributed by atoms with E-state index in [1.807, 2.05) is 13.0 Å². The number of carbonyl (C=O) groups excluding carboxylic acids is 1. The van der Waals surface area contributed by atoms with Crippen molar-refractivity contribution in [3.8, 4) is 11.3 Å². The molecule has 1 aliphatic heterocycles. The third-order valence-corrected chi connectivity index (χ3v) is 5.19. The highest BCUT2D eigenvalue weighted by Gasteiger charge is 2.45. The lowest BCUT2D eigenvalue weighted by atomic mass is 10.1. The van der Waals surface area contributed by atoms with Gasteiger partial charge in [-0.15, -0.1) is 0 Å². The summed E-state index contributed by atoms with van der Waals surface area (Å²) in [6, 6.07) is 8.47. The smallest absolute Gasteiger partial charge is 0.451 e. The molecule has 34 heavy (non-hydrogen) atoms. The van der Waals surface area contributed by atoms with Crippen LogP contribution in [-0.4, -0.2) is 33.3 Å². The highest BCUT2D eigenvalue weighted by Crippen LogP contribution is 2.33. The van der Waals surface area contributed by atoms with Crippen LogP contribution in [0.4, 0.5) is 30.5 Å². The Hall–Kier alpha value is -3.67. The predicted molar refractivity (Wildman–Crippen MR) is 123 cm³/mol. The van der Waals surface area contributed by atoms with Crippen LogP contribution in [0.15, 0.2) is 64.9 Å². The molecule has 12 heteroatoms. The normalized spacial score (nSPS) is 15.5. The zero-order chi connectivity index (χ0) is 24.5. The average Bonchev–Trinajstić information content (AvgIpc) is 3.19. The van der Waals surface area contributed by atoms with Crippen molar-refractivity contribution < 1.29 is 22.7 Å². The number of nitrogens with zero attached hydrogens (tertiary/aromatic N) is 3. The Bertz CT molecular complexity index is 1280. The Morgan fingerprint density at radius 3 is 2.74 bits per heavy atom. The van der Waals surface area contributed by atoms with Crippen molar-refractivity contribution in [2.45, 2.75) is 26.3 Å². The number of nitrogens with one attached hydrogen (secondary N) is 3. The number of carbonyl (C=O) groups is 1. The molecule has 0 fully saturated rings. The van der Waals surface area contributed by atoms with E-state index >= 15 is 0 Å². The van der Waals surface area contributed by atoms with Crippen LogP contribution in [-0.2, 0) is 9.53 Å².